The number of ether oxygens (including phenoxy) is 2. The molecule has 0 saturated carbocycles. The first-order valence-corrected chi connectivity index (χ1v) is 16.2. The van der Waals surface area contributed by atoms with Crippen LogP contribution in [0.3, 0.4) is 0 Å². The summed E-state index contributed by atoms with van der Waals surface area (Å²) in [7, 11) is -4.63. The molecule has 2 saturated heterocycles. The van der Waals surface area contributed by atoms with Crippen LogP contribution in [0.5, 0.6) is 0 Å². The van der Waals surface area contributed by atoms with E-state index in [1.54, 1.807) is 0 Å². The van der Waals surface area contributed by atoms with Crippen molar-refractivity contribution in [3.63, 3.8) is 0 Å². The van der Waals surface area contributed by atoms with Gasteiger partial charge in [-0.15, -0.1) is 0 Å². The topological polar surface area (TPSA) is 98.9 Å². The highest BCUT2D eigenvalue weighted by Crippen LogP contribution is 2.54. The van der Waals surface area contributed by atoms with E-state index in [4.69, 9.17) is 10.5 Å². The van der Waals surface area contributed by atoms with Gasteiger partial charge in [-0.3, -0.25) is 4.79 Å². The second-order valence-corrected chi connectivity index (χ2v) is 14.2. The minimum absolute atomic E-state index is 0.114. The van der Waals surface area contributed by atoms with Crippen LogP contribution in [0.4, 0.5) is 39.5 Å². The Kier molecular flexibility index (Phi) is 9.64. The van der Waals surface area contributed by atoms with Gasteiger partial charge in [-0.05, 0) is 61.2 Å². The van der Waals surface area contributed by atoms with Crippen LogP contribution in [0.1, 0.15) is 36.0 Å². The van der Waals surface area contributed by atoms with E-state index in [2.05, 4.69) is 4.74 Å². The fraction of sp³-hybridized carbons (Fsp3) is 0.406. The molecule has 3 aromatic carbocycles. The van der Waals surface area contributed by atoms with Gasteiger partial charge < -0.3 is 20.1 Å². The smallest absolute Gasteiger partial charge is 0.381 e. The van der Waals surface area contributed by atoms with E-state index in [1.165, 1.54) is 4.90 Å². The molecule has 7 nitrogen and oxygen atoms in total. The summed E-state index contributed by atoms with van der Waals surface area (Å²) in [6, 6.07) is 7.92. The molecule has 0 bridgehead atoms. The summed E-state index contributed by atoms with van der Waals surface area (Å²) in [5.41, 5.74) is -3.20. The predicted octanol–water partition coefficient (Wildman–Crippen LogP) is 6.05. The number of nitrogens with zero attached hydrogens (tertiary/aromatic N) is 1. The van der Waals surface area contributed by atoms with E-state index in [0.717, 1.165) is 42.5 Å². The molecule has 17 heteroatoms. The normalized spacial score (nSPS) is 20.4. The Hall–Kier alpha value is -3.67. The number of rotatable bonds is 8. The highest BCUT2D eigenvalue weighted by atomic mass is 32.2. The second-order valence-electron chi connectivity index (χ2n) is 11.9. The summed E-state index contributed by atoms with van der Waals surface area (Å²) in [6.45, 7) is -2.25. The number of amides is 1. The van der Waals surface area contributed by atoms with Crippen LogP contribution in [0.2, 0.25) is 0 Å². The second kappa shape index (κ2) is 12.9. The largest absolute Gasteiger partial charge is 0.430 e. The molecule has 49 heavy (non-hydrogen) atoms. The lowest BCUT2D eigenvalue weighted by atomic mass is 9.88. The van der Waals surface area contributed by atoms with Gasteiger partial charge in [0.2, 0.25) is 5.91 Å². The Balaban J connectivity index is 1.61. The predicted molar refractivity (Wildman–Crippen MR) is 155 cm³/mol. The van der Waals surface area contributed by atoms with Crippen molar-refractivity contribution in [2.24, 2.45) is 5.73 Å². The molecular formula is C32H29F9N2O5S. The Bertz CT molecular complexity index is 1760. The number of likely N-dealkylation sites (tertiary alicyclic amines) is 1. The zero-order valence-corrected chi connectivity index (χ0v) is 26.2. The molecule has 2 N–H and O–H groups in total. The van der Waals surface area contributed by atoms with Gasteiger partial charge in [0, 0.05) is 37.4 Å². The number of halogens is 9. The van der Waals surface area contributed by atoms with E-state index in [0.29, 0.717) is 24.3 Å². The fourth-order valence-electron chi connectivity index (χ4n) is 6.26. The molecule has 1 amide bonds. The number of carbonyl (C=O) groups is 1. The maximum Gasteiger partial charge on any atom is 0.430 e. The van der Waals surface area contributed by atoms with Gasteiger partial charge in [0.1, 0.15) is 22.2 Å². The molecule has 2 aliphatic rings. The Labute approximate surface area is 274 Å². The lowest BCUT2D eigenvalue weighted by Gasteiger charge is -2.38. The van der Waals surface area contributed by atoms with Crippen LogP contribution >= 0.6 is 0 Å². The minimum atomic E-state index is -6.23. The standard InChI is InChI=1S/C32H29F9N2O5S/c33-22-8-10-23(11-9-22)49(45,46)29(12-15-43(19-29)27(44)28(42)13-16-47-17-14-28)20-4-6-21(7-5-20)30(31(36,37)38,32(39,40)41)48-18-24-25(34)2-1-3-26(24)35/h1-11H,12-19,42H2. The molecule has 2 fully saturated rings. The number of sulfone groups is 1. The first-order valence-electron chi connectivity index (χ1n) is 14.8. The fourth-order valence-corrected chi connectivity index (χ4v) is 8.34. The highest BCUT2D eigenvalue weighted by molar-refractivity contribution is 7.92. The molecule has 2 aliphatic heterocycles. The van der Waals surface area contributed by atoms with Crippen LogP contribution in [-0.4, -0.2) is 63.4 Å². The molecule has 5 rings (SSSR count). The van der Waals surface area contributed by atoms with E-state index in [1.807, 2.05) is 0 Å². The lowest BCUT2D eigenvalue weighted by Crippen LogP contribution is -2.58. The maximum absolute atomic E-state index is 14.5. The Morgan fingerprint density at radius 1 is 0.837 bits per heavy atom. The van der Waals surface area contributed by atoms with Gasteiger partial charge in [-0.1, -0.05) is 30.3 Å². The number of carbonyl (C=O) groups excluding carboxylic acids is 1. The molecule has 0 radical (unpaired) electrons. The van der Waals surface area contributed by atoms with Crippen molar-refractivity contribution in [1.29, 1.82) is 0 Å². The number of alkyl halides is 6. The molecule has 1 atom stereocenters. The summed E-state index contributed by atoms with van der Waals surface area (Å²) in [4.78, 5) is 14.3. The number of hydrogen-bond donors (Lipinski definition) is 1. The SMILES string of the molecule is NC1(C(=O)N2CCC(c3ccc(C(OCc4c(F)cccc4F)(C(F)(F)F)C(F)(F)F)cc3)(S(=O)(=O)c3ccc(F)cc3)C2)CCOCC1. The van der Waals surface area contributed by atoms with Crippen molar-refractivity contribution < 1.29 is 62.2 Å². The number of nitrogens with two attached hydrogens (primary N) is 1. The molecule has 0 aliphatic carbocycles. The van der Waals surface area contributed by atoms with Gasteiger partial charge in [-0.25, -0.2) is 21.6 Å². The molecule has 0 spiro atoms. The van der Waals surface area contributed by atoms with Crippen molar-refractivity contribution in [3.8, 4) is 0 Å². The van der Waals surface area contributed by atoms with Crippen molar-refractivity contribution >= 4 is 15.7 Å². The number of benzene rings is 3. The van der Waals surface area contributed by atoms with Crippen molar-refractivity contribution in [2.75, 3.05) is 26.3 Å². The quantitative estimate of drug-likeness (QED) is 0.225. The monoisotopic (exact) mass is 724 g/mol. The van der Waals surface area contributed by atoms with E-state index < -0.39 is 90.6 Å². The third-order valence-corrected chi connectivity index (χ3v) is 11.6. The summed E-state index contributed by atoms with van der Waals surface area (Å²) >= 11 is 0. The van der Waals surface area contributed by atoms with Gasteiger partial charge >= 0.3 is 12.4 Å². The van der Waals surface area contributed by atoms with E-state index >= 15 is 0 Å². The van der Waals surface area contributed by atoms with Gasteiger partial charge in [0.05, 0.1) is 17.0 Å². The number of hydrogen-bond acceptors (Lipinski definition) is 6. The van der Waals surface area contributed by atoms with E-state index in [9.17, 15) is 52.7 Å². The third-order valence-electron chi connectivity index (χ3n) is 9.08. The van der Waals surface area contributed by atoms with Crippen molar-refractivity contribution in [2.45, 2.75) is 59.0 Å². The van der Waals surface area contributed by atoms with Crippen LogP contribution in [0.25, 0.3) is 0 Å². The Morgan fingerprint density at radius 2 is 1.39 bits per heavy atom. The summed E-state index contributed by atoms with van der Waals surface area (Å²) in [6.07, 6.45) is -12.6. The molecule has 266 valence electrons. The first kappa shape index (κ1) is 36.6. The summed E-state index contributed by atoms with van der Waals surface area (Å²) in [5, 5.41) is 0. The molecule has 1 unspecified atom stereocenters. The lowest BCUT2D eigenvalue weighted by molar-refractivity contribution is -0.392. The van der Waals surface area contributed by atoms with Crippen LogP contribution in [0.15, 0.2) is 71.6 Å². The zero-order chi connectivity index (χ0) is 36.0. The average molecular weight is 725 g/mol. The zero-order valence-electron chi connectivity index (χ0n) is 25.4. The Morgan fingerprint density at radius 3 is 1.92 bits per heavy atom. The molecule has 3 aromatic rings. The van der Waals surface area contributed by atoms with Crippen molar-refractivity contribution in [1.82, 2.24) is 4.90 Å². The van der Waals surface area contributed by atoms with Crippen LogP contribution in [0, 0.1) is 17.5 Å². The minimum Gasteiger partial charge on any atom is -0.381 e. The molecule has 2 heterocycles. The highest BCUT2D eigenvalue weighted by Gasteiger charge is 2.73. The van der Waals surface area contributed by atoms with Crippen LogP contribution in [-0.2, 0) is 41.1 Å². The van der Waals surface area contributed by atoms with Gasteiger partial charge in [0.15, 0.2) is 9.84 Å². The average Bonchev–Trinajstić information content (AvgIpc) is 3.49. The first-order chi connectivity index (χ1) is 22.8. The maximum atomic E-state index is 14.5. The molecular weight excluding hydrogens is 695 g/mol. The summed E-state index contributed by atoms with van der Waals surface area (Å²) in [5.74, 6) is -4.29. The third kappa shape index (κ3) is 6.30. The van der Waals surface area contributed by atoms with Crippen LogP contribution < -0.4 is 5.73 Å². The van der Waals surface area contributed by atoms with E-state index in [-0.39, 0.29) is 44.6 Å². The summed E-state index contributed by atoms with van der Waals surface area (Å²) < 4.78 is 165. The van der Waals surface area contributed by atoms with Gasteiger partial charge in [-0.2, -0.15) is 26.3 Å². The molecule has 0 aromatic heterocycles. The van der Waals surface area contributed by atoms with Gasteiger partial charge in [0.25, 0.3) is 5.60 Å². The van der Waals surface area contributed by atoms with Crippen molar-refractivity contribution in [3.05, 3.63) is 101 Å².